The molecular formula is C19H16Cl2N2O3. The fraction of sp³-hybridized carbons (Fsp3) is 0.211. The van der Waals surface area contributed by atoms with Crippen molar-refractivity contribution in [1.29, 1.82) is 0 Å². The summed E-state index contributed by atoms with van der Waals surface area (Å²) >= 11 is 12.1. The Morgan fingerprint density at radius 1 is 1.00 bits per heavy atom. The summed E-state index contributed by atoms with van der Waals surface area (Å²) in [5.41, 5.74) is 1.32. The highest BCUT2D eigenvalue weighted by atomic mass is 35.5. The number of rotatable bonds is 4. The van der Waals surface area contributed by atoms with Crippen LogP contribution in [0, 0.1) is 0 Å². The molecular weight excluding hydrogens is 375 g/mol. The Morgan fingerprint density at radius 3 is 2.12 bits per heavy atom. The lowest BCUT2D eigenvalue weighted by Gasteiger charge is -2.24. The maximum Gasteiger partial charge on any atom is 0.262 e. The molecule has 1 N–H and O–H groups in total. The summed E-state index contributed by atoms with van der Waals surface area (Å²) in [7, 11) is 0. The van der Waals surface area contributed by atoms with E-state index in [-0.39, 0.29) is 0 Å². The lowest BCUT2D eigenvalue weighted by molar-refractivity contribution is -0.125. The zero-order valence-electron chi connectivity index (χ0n) is 14.1. The van der Waals surface area contributed by atoms with E-state index in [2.05, 4.69) is 5.32 Å². The van der Waals surface area contributed by atoms with Crippen LogP contribution < -0.4 is 5.32 Å². The van der Waals surface area contributed by atoms with Crippen LogP contribution in [0.2, 0.25) is 10.0 Å². The van der Waals surface area contributed by atoms with Gasteiger partial charge in [-0.3, -0.25) is 19.3 Å². The summed E-state index contributed by atoms with van der Waals surface area (Å²) in [6.45, 7) is 3.29. The first-order valence-corrected chi connectivity index (χ1v) is 8.79. The van der Waals surface area contributed by atoms with E-state index in [9.17, 15) is 14.4 Å². The van der Waals surface area contributed by atoms with Crippen molar-refractivity contribution in [3.63, 3.8) is 0 Å². The van der Waals surface area contributed by atoms with Gasteiger partial charge in [0.2, 0.25) is 5.91 Å². The topological polar surface area (TPSA) is 66.5 Å². The predicted octanol–water partition coefficient (Wildman–Crippen LogP) is 3.86. The van der Waals surface area contributed by atoms with E-state index >= 15 is 0 Å². The fourth-order valence-corrected chi connectivity index (χ4v) is 3.51. The molecule has 1 aliphatic heterocycles. The molecule has 0 fully saturated rings. The highest BCUT2D eigenvalue weighted by Crippen LogP contribution is 2.27. The van der Waals surface area contributed by atoms with Gasteiger partial charge in [0.05, 0.1) is 17.2 Å². The molecule has 7 heteroatoms. The minimum absolute atomic E-state index is 0.311. The molecule has 2 aromatic carbocycles. The van der Waals surface area contributed by atoms with Crippen LogP contribution in [0.15, 0.2) is 42.5 Å². The van der Waals surface area contributed by atoms with E-state index in [0.717, 1.165) is 4.90 Å². The van der Waals surface area contributed by atoms with Crippen molar-refractivity contribution < 1.29 is 14.4 Å². The standard InChI is InChI=1S/C19H16Cl2N2O3/c1-10(13-8-7-12(20)9-16(13)21)22-17(24)11(2)23-18(25)14-5-3-4-6-15(14)19(23)26/h3-11H,1-2H3,(H,22,24). The van der Waals surface area contributed by atoms with Gasteiger partial charge in [0, 0.05) is 10.0 Å². The molecule has 0 radical (unpaired) electrons. The first kappa shape index (κ1) is 18.4. The molecule has 2 atom stereocenters. The van der Waals surface area contributed by atoms with Gasteiger partial charge in [0.15, 0.2) is 0 Å². The molecule has 2 unspecified atom stereocenters. The number of amides is 3. The number of nitrogens with zero attached hydrogens (tertiary/aromatic N) is 1. The molecule has 1 heterocycles. The summed E-state index contributed by atoms with van der Waals surface area (Å²) in [5.74, 6) is -1.38. The Hall–Kier alpha value is -2.37. The van der Waals surface area contributed by atoms with Crippen LogP contribution >= 0.6 is 23.2 Å². The predicted molar refractivity (Wildman–Crippen MR) is 99.4 cm³/mol. The smallest absolute Gasteiger partial charge is 0.262 e. The average Bonchev–Trinajstić information content (AvgIpc) is 2.85. The molecule has 1 aliphatic rings. The lowest BCUT2D eigenvalue weighted by atomic mass is 10.1. The molecule has 0 bridgehead atoms. The average molecular weight is 391 g/mol. The van der Waals surface area contributed by atoms with Crippen LogP contribution in [0.1, 0.15) is 46.2 Å². The highest BCUT2D eigenvalue weighted by Gasteiger charge is 2.40. The highest BCUT2D eigenvalue weighted by molar-refractivity contribution is 6.35. The molecule has 26 heavy (non-hydrogen) atoms. The number of fused-ring (bicyclic) bond motifs is 1. The number of benzene rings is 2. The quantitative estimate of drug-likeness (QED) is 0.805. The fourth-order valence-electron chi connectivity index (χ4n) is 2.94. The van der Waals surface area contributed by atoms with E-state index in [1.807, 2.05) is 0 Å². The lowest BCUT2D eigenvalue weighted by Crippen LogP contribution is -2.48. The van der Waals surface area contributed by atoms with Crippen LogP contribution in [0.5, 0.6) is 0 Å². The van der Waals surface area contributed by atoms with E-state index in [1.165, 1.54) is 6.92 Å². The molecule has 0 saturated carbocycles. The van der Waals surface area contributed by atoms with Gasteiger partial charge in [-0.15, -0.1) is 0 Å². The minimum atomic E-state index is -0.948. The molecule has 3 amide bonds. The van der Waals surface area contributed by atoms with Crippen LogP contribution in [0.25, 0.3) is 0 Å². The normalized spacial score (nSPS) is 15.6. The Labute approximate surface area is 160 Å². The van der Waals surface area contributed by atoms with Crippen molar-refractivity contribution in [1.82, 2.24) is 10.2 Å². The van der Waals surface area contributed by atoms with E-state index in [4.69, 9.17) is 23.2 Å². The second-order valence-electron chi connectivity index (χ2n) is 6.10. The van der Waals surface area contributed by atoms with Crippen LogP contribution in [0.3, 0.4) is 0 Å². The number of carbonyl (C=O) groups excluding carboxylic acids is 3. The number of halogens is 2. The van der Waals surface area contributed by atoms with Crippen molar-refractivity contribution in [2.24, 2.45) is 0 Å². The van der Waals surface area contributed by atoms with E-state index in [1.54, 1.807) is 49.4 Å². The Bertz CT molecular complexity index is 878. The Kier molecular flexibility index (Phi) is 5.03. The summed E-state index contributed by atoms with van der Waals surface area (Å²) in [6, 6.07) is 10.2. The summed E-state index contributed by atoms with van der Waals surface area (Å²) < 4.78 is 0. The van der Waals surface area contributed by atoms with Crippen molar-refractivity contribution in [3.8, 4) is 0 Å². The molecule has 0 saturated heterocycles. The molecule has 3 rings (SSSR count). The zero-order valence-corrected chi connectivity index (χ0v) is 15.6. The monoisotopic (exact) mass is 390 g/mol. The van der Waals surface area contributed by atoms with Gasteiger partial charge in [-0.1, -0.05) is 41.4 Å². The molecule has 0 aliphatic carbocycles. The molecule has 0 aromatic heterocycles. The third-order valence-electron chi connectivity index (χ3n) is 4.38. The molecule has 5 nitrogen and oxygen atoms in total. The second-order valence-corrected chi connectivity index (χ2v) is 6.94. The van der Waals surface area contributed by atoms with Gasteiger partial charge >= 0.3 is 0 Å². The van der Waals surface area contributed by atoms with Crippen molar-refractivity contribution in [3.05, 3.63) is 69.2 Å². The van der Waals surface area contributed by atoms with Crippen LogP contribution in [-0.2, 0) is 4.79 Å². The van der Waals surface area contributed by atoms with E-state index < -0.39 is 29.8 Å². The summed E-state index contributed by atoms with van der Waals surface area (Å²) in [4.78, 5) is 38.6. The summed E-state index contributed by atoms with van der Waals surface area (Å²) in [6.07, 6.45) is 0. The van der Waals surface area contributed by atoms with Gasteiger partial charge in [-0.2, -0.15) is 0 Å². The van der Waals surface area contributed by atoms with Gasteiger partial charge in [-0.05, 0) is 43.7 Å². The van der Waals surface area contributed by atoms with E-state index in [0.29, 0.717) is 26.7 Å². The van der Waals surface area contributed by atoms with Gasteiger partial charge < -0.3 is 5.32 Å². The Morgan fingerprint density at radius 2 is 1.58 bits per heavy atom. The summed E-state index contributed by atoms with van der Waals surface area (Å²) in [5, 5.41) is 3.71. The number of imide groups is 1. The number of hydrogen-bond acceptors (Lipinski definition) is 3. The third kappa shape index (κ3) is 3.20. The van der Waals surface area contributed by atoms with Crippen LogP contribution in [0.4, 0.5) is 0 Å². The molecule has 2 aromatic rings. The Balaban J connectivity index is 1.76. The minimum Gasteiger partial charge on any atom is -0.348 e. The third-order valence-corrected chi connectivity index (χ3v) is 4.94. The second kappa shape index (κ2) is 7.09. The van der Waals surface area contributed by atoms with Crippen molar-refractivity contribution in [2.75, 3.05) is 0 Å². The van der Waals surface area contributed by atoms with Gasteiger partial charge in [0.25, 0.3) is 11.8 Å². The SMILES string of the molecule is CC(NC(=O)C(C)N1C(=O)c2ccccc2C1=O)c1ccc(Cl)cc1Cl. The first-order chi connectivity index (χ1) is 12.3. The van der Waals surface area contributed by atoms with Crippen LogP contribution in [-0.4, -0.2) is 28.7 Å². The van der Waals surface area contributed by atoms with Crippen molar-refractivity contribution in [2.45, 2.75) is 25.9 Å². The number of carbonyl (C=O) groups is 3. The number of nitrogens with one attached hydrogen (secondary N) is 1. The largest absolute Gasteiger partial charge is 0.348 e. The maximum atomic E-state index is 12.6. The van der Waals surface area contributed by atoms with Gasteiger partial charge in [0.1, 0.15) is 6.04 Å². The maximum absolute atomic E-state index is 12.6. The van der Waals surface area contributed by atoms with Crippen molar-refractivity contribution >= 4 is 40.9 Å². The zero-order chi connectivity index (χ0) is 19.0. The van der Waals surface area contributed by atoms with Gasteiger partial charge in [-0.25, -0.2) is 0 Å². The molecule has 0 spiro atoms. The number of hydrogen-bond donors (Lipinski definition) is 1. The first-order valence-electron chi connectivity index (χ1n) is 8.03. The molecule has 134 valence electrons.